The van der Waals surface area contributed by atoms with E-state index in [4.69, 9.17) is 15.9 Å². The molecule has 1 fully saturated rings. The van der Waals surface area contributed by atoms with Crippen LogP contribution in [0.5, 0.6) is 11.5 Å². The predicted molar refractivity (Wildman–Crippen MR) is 135 cm³/mol. The first kappa shape index (κ1) is 25.0. The van der Waals surface area contributed by atoms with Gasteiger partial charge in [-0.05, 0) is 62.2 Å². The lowest BCUT2D eigenvalue weighted by atomic mass is 9.98. The Balaban J connectivity index is 1.51. The molecule has 0 unspecified atom stereocenters. The maximum Gasteiger partial charge on any atom is 0.251 e. The van der Waals surface area contributed by atoms with E-state index in [0.717, 1.165) is 16.0 Å². The van der Waals surface area contributed by atoms with Gasteiger partial charge < -0.3 is 14.0 Å². The zero-order chi connectivity index (χ0) is 25.0. The number of terminal acetylenes is 1. The highest BCUT2D eigenvalue weighted by Crippen LogP contribution is 2.27. The summed E-state index contributed by atoms with van der Waals surface area (Å²) in [5, 5.41) is 0. The molecule has 0 atom stereocenters. The van der Waals surface area contributed by atoms with Gasteiger partial charge in [0, 0.05) is 19.0 Å². The quantitative estimate of drug-likeness (QED) is 0.453. The Kier molecular flexibility index (Phi) is 7.60. The second kappa shape index (κ2) is 10.6. The van der Waals surface area contributed by atoms with Crippen LogP contribution in [0.15, 0.2) is 52.4 Å². The molecule has 10 heteroatoms. The fourth-order valence-corrected chi connectivity index (χ4v) is 6.60. The number of amides is 1. The van der Waals surface area contributed by atoms with Crippen LogP contribution in [0.25, 0.3) is 10.2 Å². The second-order valence-corrected chi connectivity index (χ2v) is 11.0. The van der Waals surface area contributed by atoms with E-state index >= 15 is 0 Å². The highest BCUT2D eigenvalue weighted by atomic mass is 32.2. The van der Waals surface area contributed by atoms with Gasteiger partial charge in [0.2, 0.25) is 10.0 Å². The van der Waals surface area contributed by atoms with Gasteiger partial charge in [0.25, 0.3) is 5.91 Å². The monoisotopic (exact) mass is 513 g/mol. The molecule has 35 heavy (non-hydrogen) atoms. The van der Waals surface area contributed by atoms with Gasteiger partial charge in [-0.15, -0.1) is 6.42 Å². The number of ether oxygens (including phenoxy) is 2. The molecule has 8 nitrogen and oxygen atoms in total. The maximum absolute atomic E-state index is 13.0. The lowest BCUT2D eigenvalue weighted by molar-refractivity contribution is -0.122. The third-order valence-electron chi connectivity index (χ3n) is 5.92. The van der Waals surface area contributed by atoms with Gasteiger partial charge in [-0.2, -0.15) is 9.30 Å². The Morgan fingerprint density at radius 1 is 1.17 bits per heavy atom. The number of nitrogens with zero attached hydrogens (tertiary/aromatic N) is 3. The van der Waals surface area contributed by atoms with E-state index in [2.05, 4.69) is 10.9 Å². The standard InChI is InChI=1S/C25H27N3O5S2/c1-4-14-28-22-11-8-20(33-5-2)17-23(22)34-25(28)26-24(29)18-12-15-27(16-13-18)35(30,31)21-9-6-19(32-3)7-10-21/h1,6-11,17-18H,5,12-16H2,2-3H3. The Morgan fingerprint density at radius 3 is 2.49 bits per heavy atom. The molecule has 1 amide bonds. The predicted octanol–water partition coefficient (Wildman–Crippen LogP) is 3.27. The van der Waals surface area contributed by atoms with Crippen molar-refractivity contribution in [3.8, 4) is 23.8 Å². The fourth-order valence-electron chi connectivity index (χ4n) is 4.06. The zero-order valence-corrected chi connectivity index (χ0v) is 21.3. The number of aromatic nitrogens is 1. The number of piperidine rings is 1. The number of hydrogen-bond acceptors (Lipinski definition) is 6. The van der Waals surface area contributed by atoms with E-state index in [9.17, 15) is 13.2 Å². The van der Waals surface area contributed by atoms with E-state index in [0.29, 0.717) is 36.5 Å². The lowest BCUT2D eigenvalue weighted by Crippen LogP contribution is -2.40. The number of thiazole rings is 1. The Hall–Kier alpha value is -3.13. The molecular formula is C25H27N3O5S2. The first-order chi connectivity index (χ1) is 16.9. The number of sulfonamides is 1. The van der Waals surface area contributed by atoms with Crippen LogP contribution in [0.3, 0.4) is 0 Å². The highest BCUT2D eigenvalue weighted by Gasteiger charge is 2.32. The molecule has 2 heterocycles. The minimum atomic E-state index is -3.64. The van der Waals surface area contributed by atoms with Crippen molar-refractivity contribution in [2.75, 3.05) is 26.8 Å². The first-order valence-corrected chi connectivity index (χ1v) is 13.6. The number of carbonyl (C=O) groups excluding carboxylic acids is 1. The van der Waals surface area contributed by atoms with Crippen LogP contribution >= 0.6 is 11.3 Å². The first-order valence-electron chi connectivity index (χ1n) is 11.3. The summed E-state index contributed by atoms with van der Waals surface area (Å²) < 4.78 is 40.9. The highest BCUT2D eigenvalue weighted by molar-refractivity contribution is 7.89. The van der Waals surface area contributed by atoms with Gasteiger partial charge in [-0.1, -0.05) is 17.3 Å². The Bertz CT molecular complexity index is 1420. The van der Waals surface area contributed by atoms with Crippen molar-refractivity contribution in [3.05, 3.63) is 47.3 Å². The molecule has 0 N–H and O–H groups in total. The summed E-state index contributed by atoms with van der Waals surface area (Å²) in [6.07, 6.45) is 6.38. The average Bonchev–Trinajstić information content (AvgIpc) is 3.20. The maximum atomic E-state index is 13.0. The van der Waals surface area contributed by atoms with Gasteiger partial charge in [-0.25, -0.2) is 8.42 Å². The molecule has 1 aliphatic rings. The Labute approximate surface area is 208 Å². The zero-order valence-electron chi connectivity index (χ0n) is 19.6. The molecule has 3 aromatic rings. The molecule has 0 bridgehead atoms. The van der Waals surface area contributed by atoms with Gasteiger partial charge in [0.05, 0.1) is 35.4 Å². The van der Waals surface area contributed by atoms with E-state index in [1.807, 2.05) is 29.7 Å². The van der Waals surface area contributed by atoms with Crippen molar-refractivity contribution < 1.29 is 22.7 Å². The van der Waals surface area contributed by atoms with Gasteiger partial charge >= 0.3 is 0 Å². The molecule has 4 rings (SSSR count). The van der Waals surface area contributed by atoms with E-state index in [-0.39, 0.29) is 29.8 Å². The normalized spacial score (nSPS) is 15.7. The van der Waals surface area contributed by atoms with Crippen LogP contribution in [0.2, 0.25) is 0 Å². The topological polar surface area (TPSA) is 90.2 Å². The van der Waals surface area contributed by atoms with Crippen molar-refractivity contribution in [2.24, 2.45) is 10.9 Å². The number of methoxy groups -OCH3 is 1. The second-order valence-electron chi connectivity index (χ2n) is 8.04. The molecule has 2 aromatic carbocycles. The van der Waals surface area contributed by atoms with E-state index < -0.39 is 10.0 Å². The molecule has 1 saturated heterocycles. The van der Waals surface area contributed by atoms with Crippen molar-refractivity contribution in [1.82, 2.24) is 8.87 Å². The number of hydrogen-bond donors (Lipinski definition) is 0. The lowest BCUT2D eigenvalue weighted by Gasteiger charge is -2.29. The summed E-state index contributed by atoms with van der Waals surface area (Å²) in [6.45, 7) is 3.29. The molecule has 1 aliphatic heterocycles. The molecule has 1 aromatic heterocycles. The molecule has 0 spiro atoms. The minimum absolute atomic E-state index is 0.208. The third-order valence-corrected chi connectivity index (χ3v) is 8.87. The number of carbonyl (C=O) groups is 1. The summed E-state index contributed by atoms with van der Waals surface area (Å²) in [4.78, 5) is 18.2. The minimum Gasteiger partial charge on any atom is -0.497 e. The van der Waals surface area contributed by atoms with Crippen LogP contribution in [-0.2, 0) is 21.4 Å². The summed E-state index contributed by atoms with van der Waals surface area (Å²) >= 11 is 1.38. The summed E-state index contributed by atoms with van der Waals surface area (Å²) in [7, 11) is -2.11. The van der Waals surface area contributed by atoms with Crippen LogP contribution in [0, 0.1) is 18.3 Å². The van der Waals surface area contributed by atoms with Crippen LogP contribution in [-0.4, -0.2) is 50.0 Å². The van der Waals surface area contributed by atoms with Crippen LogP contribution in [0.4, 0.5) is 0 Å². The SMILES string of the molecule is C#CCn1c(=NC(=O)C2CCN(S(=O)(=O)c3ccc(OC)cc3)CC2)sc2cc(OCC)ccc21. The van der Waals surface area contributed by atoms with Gasteiger partial charge in [-0.3, -0.25) is 4.79 Å². The van der Waals surface area contributed by atoms with Crippen molar-refractivity contribution >= 4 is 37.5 Å². The Morgan fingerprint density at radius 2 is 1.86 bits per heavy atom. The molecular weight excluding hydrogens is 486 g/mol. The number of benzene rings is 2. The average molecular weight is 514 g/mol. The van der Waals surface area contributed by atoms with Crippen molar-refractivity contribution in [2.45, 2.75) is 31.2 Å². The van der Waals surface area contributed by atoms with E-state index in [1.165, 1.54) is 34.9 Å². The van der Waals surface area contributed by atoms with E-state index in [1.54, 1.807) is 12.1 Å². The molecule has 0 radical (unpaired) electrons. The summed E-state index contributed by atoms with van der Waals surface area (Å²) in [5.41, 5.74) is 0.892. The van der Waals surface area contributed by atoms with Gasteiger partial charge in [0.1, 0.15) is 11.5 Å². The fraction of sp³-hybridized carbons (Fsp3) is 0.360. The molecule has 0 saturated carbocycles. The van der Waals surface area contributed by atoms with Crippen LogP contribution in [0.1, 0.15) is 19.8 Å². The van der Waals surface area contributed by atoms with Crippen molar-refractivity contribution in [1.29, 1.82) is 0 Å². The molecule has 184 valence electrons. The molecule has 0 aliphatic carbocycles. The number of fused-ring (bicyclic) bond motifs is 1. The van der Waals surface area contributed by atoms with Gasteiger partial charge in [0.15, 0.2) is 4.80 Å². The summed E-state index contributed by atoms with van der Waals surface area (Å²) in [5.74, 6) is 3.36. The smallest absolute Gasteiger partial charge is 0.251 e. The largest absolute Gasteiger partial charge is 0.497 e. The number of rotatable bonds is 7. The third kappa shape index (κ3) is 5.27. The summed E-state index contributed by atoms with van der Waals surface area (Å²) in [6, 6.07) is 12.0. The van der Waals surface area contributed by atoms with Crippen molar-refractivity contribution in [3.63, 3.8) is 0 Å². The van der Waals surface area contributed by atoms with Crippen LogP contribution < -0.4 is 14.3 Å².